The summed E-state index contributed by atoms with van der Waals surface area (Å²) in [6.07, 6.45) is 5.43. The third-order valence-corrected chi connectivity index (χ3v) is 6.85. The molecular formula is C11H18ClNO4S2. The Balaban J connectivity index is 3.00. The van der Waals surface area contributed by atoms with Crippen LogP contribution in [0.4, 0.5) is 0 Å². The van der Waals surface area contributed by atoms with Gasteiger partial charge in [0.05, 0.1) is 15.1 Å². The van der Waals surface area contributed by atoms with Crippen molar-refractivity contribution in [1.29, 1.82) is 0 Å². The predicted molar refractivity (Wildman–Crippen MR) is 71.6 cm³/mol. The van der Waals surface area contributed by atoms with E-state index in [4.69, 9.17) is 0 Å². The van der Waals surface area contributed by atoms with Gasteiger partial charge in [-0.05, 0) is 34.6 Å². The number of allylic oxidation sites excluding steroid dienone is 3. The molecule has 1 heterocycles. The Hall–Kier alpha value is -0.0200. The molecule has 0 spiro atoms. The Labute approximate surface area is 122 Å². The van der Waals surface area contributed by atoms with Gasteiger partial charge in [0.1, 0.15) is 3.74 Å². The minimum atomic E-state index is -4.43. The van der Waals surface area contributed by atoms with Crippen molar-refractivity contribution in [3.63, 3.8) is 0 Å². The minimum absolute atomic E-state index is 0.115. The Morgan fingerprint density at radius 2 is 1.89 bits per heavy atom. The molecule has 19 heavy (non-hydrogen) atoms. The van der Waals surface area contributed by atoms with E-state index >= 15 is 0 Å². The van der Waals surface area contributed by atoms with Gasteiger partial charge in [0.25, 0.3) is 0 Å². The monoisotopic (exact) mass is 327 g/mol. The number of hydrogen-bond donors (Lipinski definition) is 0. The quantitative estimate of drug-likeness (QED) is 0.408. The minimum Gasteiger partial charge on any atom is -0.383 e. The van der Waals surface area contributed by atoms with Gasteiger partial charge in [-0.2, -0.15) is 14.0 Å². The molecule has 0 aromatic carbocycles. The smallest absolute Gasteiger partial charge is 0.179 e. The standard InChI is InChI=1S/C11H18ClNO4S2/c1-11(2,3)10-8-9(6-7-13(4)5)19(18-10)17-12(14,15)16/h6-8H,1-5H3/b7-6-. The van der Waals surface area contributed by atoms with Crippen LogP contribution in [0.1, 0.15) is 20.8 Å². The second kappa shape index (κ2) is 6.17. The second-order valence-electron chi connectivity index (χ2n) is 5.20. The summed E-state index contributed by atoms with van der Waals surface area (Å²) in [5.74, 6) is 0. The molecule has 1 aliphatic heterocycles. The van der Waals surface area contributed by atoms with Crippen LogP contribution in [0.2, 0.25) is 0 Å². The largest absolute Gasteiger partial charge is 0.383 e. The van der Waals surface area contributed by atoms with Crippen molar-refractivity contribution in [3.8, 4) is 0 Å². The van der Waals surface area contributed by atoms with Gasteiger partial charge >= 0.3 is 0 Å². The van der Waals surface area contributed by atoms with Crippen LogP contribution >= 0.6 is 20.6 Å². The van der Waals surface area contributed by atoms with Gasteiger partial charge in [0.2, 0.25) is 0 Å². The summed E-state index contributed by atoms with van der Waals surface area (Å²) in [6.45, 7) is 6.07. The molecule has 0 N–H and O–H groups in total. The van der Waals surface area contributed by atoms with Crippen molar-refractivity contribution in [2.45, 2.75) is 20.8 Å². The summed E-state index contributed by atoms with van der Waals surface area (Å²) in [5, 5.41) is 0. The number of hydrogen-bond acceptors (Lipinski definition) is 6. The zero-order valence-corrected chi connectivity index (χ0v) is 13.9. The summed E-state index contributed by atoms with van der Waals surface area (Å²) in [7, 11) is -0.550. The number of nitrogens with zero attached hydrogens (tertiary/aromatic N) is 1. The highest BCUT2D eigenvalue weighted by atomic mass is 35.7. The second-order valence-corrected chi connectivity index (χ2v) is 9.41. The van der Waals surface area contributed by atoms with E-state index in [0.717, 1.165) is 4.91 Å². The normalized spacial score (nSPS) is 21.2. The Morgan fingerprint density at radius 1 is 1.32 bits per heavy atom. The molecule has 1 rings (SSSR count). The molecule has 0 saturated carbocycles. The van der Waals surface area contributed by atoms with Crippen LogP contribution in [0, 0.1) is 15.7 Å². The van der Waals surface area contributed by atoms with Gasteiger partial charge in [-0.15, -0.1) is 0 Å². The van der Waals surface area contributed by atoms with Crippen LogP contribution in [-0.4, -0.2) is 23.9 Å². The van der Waals surface area contributed by atoms with Gasteiger partial charge in [0.15, 0.2) is 9.80 Å². The highest BCUT2D eigenvalue weighted by Gasteiger charge is 2.33. The molecule has 1 unspecified atom stereocenters. The third kappa shape index (κ3) is 5.86. The topological polar surface area (TPSA) is 81.7 Å². The highest BCUT2D eigenvalue weighted by molar-refractivity contribution is 8.84. The molecule has 0 fully saturated rings. The molecule has 0 radical (unpaired) electrons. The molecular weight excluding hydrogens is 310 g/mol. The Kier molecular flexibility index (Phi) is 5.53. The van der Waals surface area contributed by atoms with Gasteiger partial charge in [-0.1, -0.05) is 20.8 Å². The van der Waals surface area contributed by atoms with Crippen LogP contribution in [0.15, 0.2) is 23.3 Å². The highest BCUT2D eigenvalue weighted by Crippen LogP contribution is 2.52. The number of halogens is 1. The van der Waals surface area contributed by atoms with Crippen LogP contribution in [0.25, 0.3) is 0 Å². The lowest BCUT2D eigenvalue weighted by Crippen LogP contribution is -2.60. The van der Waals surface area contributed by atoms with Gasteiger partial charge in [-0.25, -0.2) is 0 Å². The zero-order valence-electron chi connectivity index (χ0n) is 11.5. The third-order valence-electron chi connectivity index (χ3n) is 2.04. The Morgan fingerprint density at radius 3 is 2.32 bits per heavy atom. The van der Waals surface area contributed by atoms with E-state index in [-0.39, 0.29) is 5.41 Å². The SMILES string of the molecule is CN(C)/C=C\C1=S(O[Cl+3]([O-])([O-])[O-])SC(C(C)(C)C)=C1. The van der Waals surface area contributed by atoms with Gasteiger partial charge in [0, 0.05) is 19.0 Å². The van der Waals surface area contributed by atoms with Crippen molar-refractivity contribution < 1.29 is 28.0 Å². The van der Waals surface area contributed by atoms with E-state index < -0.39 is 20.0 Å². The van der Waals surface area contributed by atoms with Crippen molar-refractivity contribution in [1.82, 2.24) is 4.90 Å². The van der Waals surface area contributed by atoms with E-state index in [1.165, 1.54) is 10.8 Å². The first-order valence-corrected chi connectivity index (χ1v) is 9.18. The fourth-order valence-electron chi connectivity index (χ4n) is 1.12. The van der Waals surface area contributed by atoms with Crippen molar-refractivity contribution >= 4 is 25.5 Å². The maximum Gasteiger partial charge on any atom is 0.179 e. The fraction of sp³-hybridized carbons (Fsp3) is 0.545. The first-order valence-electron chi connectivity index (χ1n) is 5.46. The summed E-state index contributed by atoms with van der Waals surface area (Å²) in [4.78, 5) is 3.51. The Bertz CT molecular complexity index is 433. The average Bonchev–Trinajstić information content (AvgIpc) is 2.54. The first-order chi connectivity index (χ1) is 8.49. The van der Waals surface area contributed by atoms with Crippen molar-refractivity contribution in [2.24, 2.45) is 5.41 Å². The summed E-state index contributed by atoms with van der Waals surface area (Å²) < 4.78 is 36.8. The lowest BCUT2D eigenvalue weighted by Gasteiger charge is -2.19. The van der Waals surface area contributed by atoms with E-state index in [2.05, 4.69) is 3.74 Å². The first kappa shape index (κ1) is 17.0. The molecule has 1 aliphatic rings. The zero-order chi connectivity index (χ0) is 14.8. The maximum atomic E-state index is 10.7. The molecule has 0 saturated heterocycles. The van der Waals surface area contributed by atoms with Crippen LogP contribution < -0.4 is 14.0 Å². The van der Waals surface area contributed by atoms with E-state index in [0.29, 0.717) is 4.86 Å². The molecule has 0 bridgehead atoms. The van der Waals surface area contributed by atoms with Crippen LogP contribution in [-0.2, 0) is 3.74 Å². The maximum absolute atomic E-state index is 10.7. The van der Waals surface area contributed by atoms with E-state index in [1.807, 2.05) is 45.8 Å². The molecule has 1 atom stereocenters. The molecule has 5 nitrogen and oxygen atoms in total. The summed E-state index contributed by atoms with van der Waals surface area (Å²) >= 11 is 0. The molecule has 0 aromatic rings. The van der Waals surface area contributed by atoms with Crippen LogP contribution in [0.5, 0.6) is 0 Å². The molecule has 0 aliphatic carbocycles. The molecule has 0 aromatic heterocycles. The van der Waals surface area contributed by atoms with Crippen molar-refractivity contribution in [3.05, 3.63) is 23.3 Å². The predicted octanol–water partition coefficient (Wildman–Crippen LogP) is -0.0763. The molecule has 0 amide bonds. The molecule has 110 valence electrons. The fourth-order valence-corrected chi connectivity index (χ4v) is 6.00. The van der Waals surface area contributed by atoms with E-state index in [1.54, 1.807) is 12.3 Å². The average molecular weight is 328 g/mol. The lowest BCUT2D eigenvalue weighted by atomic mass is 9.95. The van der Waals surface area contributed by atoms with Crippen molar-refractivity contribution in [2.75, 3.05) is 14.1 Å². The lowest BCUT2D eigenvalue weighted by molar-refractivity contribution is -1.91. The summed E-state index contributed by atoms with van der Waals surface area (Å²) in [5.41, 5.74) is -0.115. The van der Waals surface area contributed by atoms with Crippen LogP contribution in [0.3, 0.4) is 0 Å². The van der Waals surface area contributed by atoms with Gasteiger partial charge in [-0.3, -0.25) is 0 Å². The molecule has 8 heteroatoms. The number of rotatable bonds is 4. The van der Waals surface area contributed by atoms with E-state index in [9.17, 15) is 14.0 Å². The van der Waals surface area contributed by atoms with Gasteiger partial charge < -0.3 is 4.90 Å². The summed E-state index contributed by atoms with van der Waals surface area (Å²) in [6, 6.07) is 0.